The Hall–Kier alpha value is -3.19. The van der Waals surface area contributed by atoms with E-state index in [1.165, 1.54) is 0 Å². The van der Waals surface area contributed by atoms with Crippen LogP contribution in [0.25, 0.3) is 10.9 Å². The number of hydrogen-bond acceptors (Lipinski definition) is 4. The van der Waals surface area contributed by atoms with Gasteiger partial charge in [-0.25, -0.2) is 4.98 Å². The molecule has 0 atom stereocenters. The lowest BCUT2D eigenvalue weighted by molar-refractivity contribution is -0.317. The quantitative estimate of drug-likeness (QED) is 0.692. The van der Waals surface area contributed by atoms with Crippen molar-refractivity contribution in [3.8, 4) is 11.8 Å². The molecule has 0 aliphatic carbocycles. The summed E-state index contributed by atoms with van der Waals surface area (Å²) < 4.78 is 0. The Labute approximate surface area is 146 Å². The largest absolute Gasteiger partial charge is 0.550 e. The number of fused-ring (bicyclic) bond motifs is 1. The highest BCUT2D eigenvalue weighted by atomic mass is 16.4. The van der Waals surface area contributed by atoms with Crippen LogP contribution in [-0.4, -0.2) is 15.9 Å². The fourth-order valence-corrected chi connectivity index (χ4v) is 2.56. The smallest absolute Gasteiger partial charge is 0.114 e. The van der Waals surface area contributed by atoms with Gasteiger partial charge in [-0.15, -0.1) is 0 Å². The average Bonchev–Trinajstić information content (AvgIpc) is 2.60. The molecular formula is C21H17N2O2-. The first kappa shape index (κ1) is 16.7. The summed E-state index contributed by atoms with van der Waals surface area (Å²) >= 11 is 0. The van der Waals surface area contributed by atoms with Crippen molar-refractivity contribution in [2.24, 2.45) is 5.41 Å². The summed E-state index contributed by atoms with van der Waals surface area (Å²) in [6, 6.07) is 13.2. The molecule has 4 nitrogen and oxygen atoms in total. The van der Waals surface area contributed by atoms with E-state index in [1.54, 1.807) is 26.2 Å². The molecule has 0 saturated carbocycles. The Morgan fingerprint density at radius 3 is 2.68 bits per heavy atom. The van der Waals surface area contributed by atoms with Gasteiger partial charge in [-0.2, -0.15) is 0 Å². The van der Waals surface area contributed by atoms with E-state index in [1.807, 2.05) is 42.5 Å². The molecule has 2 heterocycles. The third-order valence-electron chi connectivity index (χ3n) is 4.00. The van der Waals surface area contributed by atoms with Crippen LogP contribution in [0.15, 0.2) is 54.9 Å². The number of carboxylic acids is 1. The van der Waals surface area contributed by atoms with Crippen molar-refractivity contribution in [3.05, 3.63) is 71.7 Å². The molecule has 3 rings (SSSR count). The van der Waals surface area contributed by atoms with E-state index < -0.39 is 11.4 Å². The van der Waals surface area contributed by atoms with Crippen molar-refractivity contribution in [1.29, 1.82) is 0 Å². The Kier molecular flexibility index (Phi) is 4.49. The summed E-state index contributed by atoms with van der Waals surface area (Å²) in [6.07, 6.45) is 3.79. The molecule has 0 aliphatic heterocycles. The fraction of sp³-hybridized carbons (Fsp3) is 0.190. The molecule has 0 spiro atoms. The molecule has 0 radical (unpaired) electrons. The first-order valence-electron chi connectivity index (χ1n) is 7.98. The standard InChI is InChI=1S/C21H18N2O2/c1-21(2,20(24)25)13-16-6-3-7-19-18(16)11-10-17(23-19)9-8-15-5-4-12-22-14-15/h3-7,10-12,14H,13H2,1-2H3,(H,24,25)/p-1. The molecule has 2 aromatic heterocycles. The van der Waals surface area contributed by atoms with Crippen LogP contribution in [0, 0.1) is 17.3 Å². The normalized spacial score (nSPS) is 11.0. The van der Waals surface area contributed by atoms with Crippen molar-refractivity contribution < 1.29 is 9.90 Å². The molecule has 25 heavy (non-hydrogen) atoms. The minimum Gasteiger partial charge on any atom is -0.550 e. The number of rotatable bonds is 3. The highest BCUT2D eigenvalue weighted by Gasteiger charge is 2.21. The van der Waals surface area contributed by atoms with E-state index in [2.05, 4.69) is 21.8 Å². The molecule has 0 saturated heterocycles. The topological polar surface area (TPSA) is 65.9 Å². The number of aliphatic carboxylic acids is 1. The van der Waals surface area contributed by atoms with Crippen molar-refractivity contribution in [1.82, 2.24) is 9.97 Å². The lowest BCUT2D eigenvalue weighted by atomic mass is 9.84. The van der Waals surface area contributed by atoms with Gasteiger partial charge in [-0.3, -0.25) is 4.98 Å². The minimum absolute atomic E-state index is 0.384. The molecule has 0 unspecified atom stereocenters. The van der Waals surface area contributed by atoms with Crippen LogP contribution in [0.5, 0.6) is 0 Å². The van der Waals surface area contributed by atoms with Crippen LogP contribution in [0.4, 0.5) is 0 Å². The molecule has 4 heteroatoms. The summed E-state index contributed by atoms with van der Waals surface area (Å²) in [5.74, 6) is 5.01. The van der Waals surface area contributed by atoms with Crippen molar-refractivity contribution >= 4 is 16.9 Å². The zero-order chi connectivity index (χ0) is 17.9. The van der Waals surface area contributed by atoms with Gasteiger partial charge >= 0.3 is 0 Å². The van der Waals surface area contributed by atoms with E-state index in [4.69, 9.17) is 0 Å². The van der Waals surface area contributed by atoms with Crippen LogP contribution in [0.2, 0.25) is 0 Å². The predicted octanol–water partition coefficient (Wildman–Crippen LogP) is 2.35. The monoisotopic (exact) mass is 329 g/mol. The van der Waals surface area contributed by atoms with E-state index >= 15 is 0 Å². The van der Waals surface area contributed by atoms with Crippen LogP contribution in [-0.2, 0) is 11.2 Å². The molecule has 0 fully saturated rings. The molecule has 0 amide bonds. The number of hydrogen-bond donors (Lipinski definition) is 0. The van der Waals surface area contributed by atoms with Gasteiger partial charge in [0.15, 0.2) is 0 Å². The number of carboxylic acid groups (broad SMARTS) is 1. The summed E-state index contributed by atoms with van der Waals surface area (Å²) in [5, 5.41) is 12.2. The summed E-state index contributed by atoms with van der Waals surface area (Å²) in [5.41, 5.74) is 2.28. The van der Waals surface area contributed by atoms with E-state index in [0.29, 0.717) is 12.1 Å². The fourth-order valence-electron chi connectivity index (χ4n) is 2.56. The average molecular weight is 329 g/mol. The lowest BCUT2D eigenvalue weighted by Crippen LogP contribution is -2.39. The minimum atomic E-state index is -1.06. The van der Waals surface area contributed by atoms with Gasteiger partial charge in [0.2, 0.25) is 0 Å². The number of pyridine rings is 2. The van der Waals surface area contributed by atoms with Crippen LogP contribution in [0.3, 0.4) is 0 Å². The Morgan fingerprint density at radius 2 is 1.96 bits per heavy atom. The SMILES string of the molecule is CC(C)(Cc1cccc2nc(C#Cc3cccnc3)ccc12)C(=O)[O-]. The van der Waals surface area contributed by atoms with Crippen molar-refractivity contribution in [2.75, 3.05) is 0 Å². The van der Waals surface area contributed by atoms with E-state index in [-0.39, 0.29) is 0 Å². The molecule has 0 aliphatic rings. The number of benzene rings is 1. The second-order valence-corrected chi connectivity index (χ2v) is 6.52. The number of nitrogens with zero attached hydrogens (tertiary/aromatic N) is 2. The maximum absolute atomic E-state index is 11.3. The maximum atomic E-state index is 11.3. The van der Waals surface area contributed by atoms with Crippen molar-refractivity contribution in [2.45, 2.75) is 20.3 Å². The third-order valence-corrected chi connectivity index (χ3v) is 4.00. The van der Waals surface area contributed by atoms with Crippen molar-refractivity contribution in [3.63, 3.8) is 0 Å². The predicted molar refractivity (Wildman–Crippen MR) is 94.5 cm³/mol. The maximum Gasteiger partial charge on any atom is 0.114 e. The van der Waals surface area contributed by atoms with Gasteiger partial charge in [-0.05, 0) is 48.2 Å². The molecule has 3 aromatic rings. The Morgan fingerprint density at radius 1 is 1.12 bits per heavy atom. The van der Waals surface area contributed by atoms with Gasteiger partial charge in [0, 0.05) is 34.7 Å². The Bertz CT molecular complexity index is 983. The molecule has 0 bridgehead atoms. The number of carbonyl (C=O) groups is 1. The highest BCUT2D eigenvalue weighted by molar-refractivity contribution is 5.84. The van der Waals surface area contributed by atoms with Crippen LogP contribution in [0.1, 0.15) is 30.7 Å². The highest BCUT2D eigenvalue weighted by Crippen LogP contribution is 2.26. The van der Waals surface area contributed by atoms with E-state index in [0.717, 1.165) is 22.0 Å². The Balaban J connectivity index is 1.95. The van der Waals surface area contributed by atoms with Gasteiger partial charge in [0.25, 0.3) is 0 Å². The second-order valence-electron chi connectivity index (χ2n) is 6.52. The summed E-state index contributed by atoms with van der Waals surface area (Å²) in [6.45, 7) is 3.34. The van der Waals surface area contributed by atoms with Gasteiger partial charge in [0.1, 0.15) is 5.69 Å². The zero-order valence-electron chi connectivity index (χ0n) is 14.1. The lowest BCUT2D eigenvalue weighted by Gasteiger charge is -2.26. The summed E-state index contributed by atoms with van der Waals surface area (Å²) in [7, 11) is 0. The first-order valence-corrected chi connectivity index (χ1v) is 7.98. The van der Waals surface area contributed by atoms with Crippen LogP contribution >= 0.6 is 0 Å². The number of aromatic nitrogens is 2. The second kappa shape index (κ2) is 6.74. The van der Waals surface area contributed by atoms with Crippen LogP contribution < -0.4 is 5.11 Å². The molecule has 124 valence electrons. The van der Waals surface area contributed by atoms with Gasteiger partial charge in [-0.1, -0.05) is 31.9 Å². The van der Waals surface area contributed by atoms with E-state index in [9.17, 15) is 9.90 Å². The molecule has 1 aromatic carbocycles. The third kappa shape index (κ3) is 3.84. The summed E-state index contributed by atoms with van der Waals surface area (Å²) in [4.78, 5) is 19.9. The zero-order valence-corrected chi connectivity index (χ0v) is 14.1. The molecular weight excluding hydrogens is 312 g/mol. The van der Waals surface area contributed by atoms with Gasteiger partial charge in [0.05, 0.1) is 5.52 Å². The number of carbonyl (C=O) groups excluding carboxylic acids is 1. The first-order chi connectivity index (χ1) is 12.0. The van der Waals surface area contributed by atoms with Gasteiger partial charge < -0.3 is 9.90 Å². The molecule has 0 N–H and O–H groups in total.